The zero-order valence-electron chi connectivity index (χ0n) is 15.0. The summed E-state index contributed by atoms with van der Waals surface area (Å²) in [7, 11) is -1.35. The summed E-state index contributed by atoms with van der Waals surface area (Å²) in [6, 6.07) is 6.39. The molecule has 1 atom stereocenters. The molecule has 140 valence electrons. The molecule has 2 rings (SSSR count). The minimum atomic E-state index is -3.18. The number of hydrogen-bond acceptors (Lipinski definition) is 5. The van der Waals surface area contributed by atoms with Gasteiger partial charge in [-0.1, -0.05) is 0 Å². The number of nitrogens with zero attached hydrogens (tertiary/aromatic N) is 1. The van der Waals surface area contributed by atoms with E-state index in [1.165, 1.54) is 24.8 Å². The maximum Gasteiger partial charge on any atom is 0.222 e. The normalized spacial score (nSPS) is 17.4. The molecular weight excluding hydrogens is 340 g/mol. The summed E-state index contributed by atoms with van der Waals surface area (Å²) >= 11 is 0. The van der Waals surface area contributed by atoms with E-state index in [9.17, 15) is 13.2 Å². The van der Waals surface area contributed by atoms with Crippen LogP contribution < -0.4 is 10.1 Å². The lowest BCUT2D eigenvalue weighted by Crippen LogP contribution is -2.29. The van der Waals surface area contributed by atoms with Crippen molar-refractivity contribution in [2.45, 2.75) is 30.6 Å². The van der Waals surface area contributed by atoms with Gasteiger partial charge in [-0.25, -0.2) is 8.42 Å². The van der Waals surface area contributed by atoms with Gasteiger partial charge in [0.25, 0.3) is 0 Å². The van der Waals surface area contributed by atoms with Gasteiger partial charge in [0, 0.05) is 26.3 Å². The van der Waals surface area contributed by atoms with Crippen molar-refractivity contribution in [1.82, 2.24) is 10.2 Å². The van der Waals surface area contributed by atoms with Crippen LogP contribution in [-0.4, -0.2) is 58.8 Å². The number of carbonyl (C=O) groups is 1. The molecule has 1 aliphatic rings. The van der Waals surface area contributed by atoms with Crippen LogP contribution in [0.2, 0.25) is 0 Å². The Hall–Kier alpha value is -1.60. The number of rotatable bonds is 9. The standard InChI is InChI=1S/C18H28N2O4S/c1-20(18(21)9-4-15-10-11-19-14-15)12-3-13-24-16-5-7-17(8-6-16)25(2,22)23/h5-8,15,19H,3-4,9-14H2,1-2H3. The Balaban J connectivity index is 1.63. The Bertz CT molecular complexity index is 652. The summed E-state index contributed by atoms with van der Waals surface area (Å²) in [5.41, 5.74) is 0. The zero-order chi connectivity index (χ0) is 18.3. The number of sulfone groups is 1. The van der Waals surface area contributed by atoms with Crippen LogP contribution >= 0.6 is 0 Å². The molecule has 1 fully saturated rings. The first-order valence-corrected chi connectivity index (χ1v) is 10.6. The van der Waals surface area contributed by atoms with Gasteiger partial charge in [-0.2, -0.15) is 0 Å². The molecule has 1 aliphatic heterocycles. The highest BCUT2D eigenvalue weighted by atomic mass is 32.2. The molecule has 0 bridgehead atoms. The van der Waals surface area contributed by atoms with E-state index in [-0.39, 0.29) is 10.8 Å². The van der Waals surface area contributed by atoms with Crippen LogP contribution in [0.1, 0.15) is 25.7 Å². The fraction of sp³-hybridized carbons (Fsp3) is 0.611. The fourth-order valence-corrected chi connectivity index (χ4v) is 3.51. The van der Waals surface area contributed by atoms with Crippen molar-refractivity contribution >= 4 is 15.7 Å². The third-order valence-electron chi connectivity index (χ3n) is 4.51. The van der Waals surface area contributed by atoms with Crippen LogP contribution in [0.4, 0.5) is 0 Å². The smallest absolute Gasteiger partial charge is 0.222 e. The number of hydrogen-bond donors (Lipinski definition) is 1. The Morgan fingerprint density at radius 1 is 1.32 bits per heavy atom. The lowest BCUT2D eigenvalue weighted by atomic mass is 10.0. The van der Waals surface area contributed by atoms with Crippen LogP contribution in [-0.2, 0) is 14.6 Å². The van der Waals surface area contributed by atoms with Crippen LogP contribution in [0.25, 0.3) is 0 Å². The monoisotopic (exact) mass is 368 g/mol. The van der Waals surface area contributed by atoms with Gasteiger partial charge >= 0.3 is 0 Å². The van der Waals surface area contributed by atoms with E-state index in [2.05, 4.69) is 5.32 Å². The Morgan fingerprint density at radius 3 is 2.64 bits per heavy atom. The highest BCUT2D eigenvalue weighted by molar-refractivity contribution is 7.90. The summed E-state index contributed by atoms with van der Waals surface area (Å²) in [5.74, 6) is 1.45. The van der Waals surface area contributed by atoms with Gasteiger partial charge in [0.1, 0.15) is 5.75 Å². The van der Waals surface area contributed by atoms with Crippen molar-refractivity contribution in [2.75, 3.05) is 39.5 Å². The highest BCUT2D eigenvalue weighted by Crippen LogP contribution is 2.16. The Morgan fingerprint density at radius 2 is 2.04 bits per heavy atom. The van der Waals surface area contributed by atoms with Crippen LogP contribution in [0.15, 0.2) is 29.2 Å². The number of ether oxygens (including phenoxy) is 1. The topological polar surface area (TPSA) is 75.7 Å². The van der Waals surface area contributed by atoms with E-state index in [1.807, 2.05) is 7.05 Å². The summed E-state index contributed by atoms with van der Waals surface area (Å²) in [5, 5.41) is 3.32. The third-order valence-corrected chi connectivity index (χ3v) is 5.64. The first-order chi connectivity index (χ1) is 11.9. The molecular formula is C18H28N2O4S. The minimum absolute atomic E-state index is 0.185. The molecule has 0 saturated carbocycles. The number of amides is 1. The van der Waals surface area contributed by atoms with Crippen molar-refractivity contribution in [3.05, 3.63) is 24.3 Å². The van der Waals surface area contributed by atoms with Gasteiger partial charge in [0.05, 0.1) is 11.5 Å². The molecule has 1 saturated heterocycles. The average Bonchev–Trinajstić information content (AvgIpc) is 3.09. The van der Waals surface area contributed by atoms with Crippen molar-refractivity contribution in [3.63, 3.8) is 0 Å². The van der Waals surface area contributed by atoms with Crippen molar-refractivity contribution in [2.24, 2.45) is 5.92 Å². The summed E-state index contributed by atoms with van der Waals surface area (Å²) in [6.45, 7) is 3.24. The molecule has 1 amide bonds. The molecule has 1 N–H and O–H groups in total. The Labute approximate surface area is 150 Å². The Kier molecular flexibility index (Phi) is 7.25. The molecule has 6 nitrogen and oxygen atoms in total. The molecule has 1 unspecified atom stereocenters. The van der Waals surface area contributed by atoms with E-state index >= 15 is 0 Å². The largest absolute Gasteiger partial charge is 0.494 e. The summed E-state index contributed by atoms with van der Waals surface area (Å²) < 4.78 is 28.4. The maximum absolute atomic E-state index is 12.1. The van der Waals surface area contributed by atoms with E-state index in [1.54, 1.807) is 17.0 Å². The fourth-order valence-electron chi connectivity index (χ4n) is 2.88. The molecule has 0 spiro atoms. The second kappa shape index (κ2) is 9.20. The quantitative estimate of drug-likeness (QED) is 0.672. The maximum atomic E-state index is 12.1. The van der Waals surface area contributed by atoms with Crippen molar-refractivity contribution < 1.29 is 17.9 Å². The van der Waals surface area contributed by atoms with Gasteiger partial charge < -0.3 is 15.0 Å². The molecule has 7 heteroatoms. The average molecular weight is 368 g/mol. The van der Waals surface area contributed by atoms with Gasteiger partial charge in [0.2, 0.25) is 5.91 Å². The number of carbonyl (C=O) groups excluding carboxylic acids is 1. The van der Waals surface area contributed by atoms with E-state index in [4.69, 9.17) is 4.74 Å². The predicted octanol–water partition coefficient (Wildman–Crippen LogP) is 1.71. The summed E-state index contributed by atoms with van der Waals surface area (Å²) in [4.78, 5) is 14.1. The molecule has 0 radical (unpaired) electrons. The molecule has 0 aliphatic carbocycles. The zero-order valence-corrected chi connectivity index (χ0v) is 15.8. The van der Waals surface area contributed by atoms with Crippen molar-refractivity contribution in [1.29, 1.82) is 0 Å². The first-order valence-electron chi connectivity index (χ1n) is 8.74. The molecule has 1 aromatic carbocycles. The number of nitrogens with one attached hydrogen (secondary N) is 1. The molecule has 25 heavy (non-hydrogen) atoms. The first kappa shape index (κ1) is 19.7. The van der Waals surface area contributed by atoms with Gasteiger partial charge in [-0.15, -0.1) is 0 Å². The lowest BCUT2D eigenvalue weighted by Gasteiger charge is -2.18. The lowest BCUT2D eigenvalue weighted by molar-refractivity contribution is -0.130. The van der Waals surface area contributed by atoms with Crippen molar-refractivity contribution in [3.8, 4) is 5.75 Å². The van der Waals surface area contributed by atoms with E-state index in [0.717, 1.165) is 25.9 Å². The molecule has 0 aromatic heterocycles. The predicted molar refractivity (Wildman–Crippen MR) is 97.5 cm³/mol. The second-order valence-corrected chi connectivity index (χ2v) is 8.67. The molecule has 1 aromatic rings. The van der Waals surface area contributed by atoms with Crippen LogP contribution in [0.3, 0.4) is 0 Å². The van der Waals surface area contributed by atoms with Gasteiger partial charge in [0.15, 0.2) is 9.84 Å². The van der Waals surface area contributed by atoms with E-state index < -0.39 is 9.84 Å². The van der Waals surface area contributed by atoms with Gasteiger partial charge in [-0.3, -0.25) is 4.79 Å². The summed E-state index contributed by atoms with van der Waals surface area (Å²) in [6.07, 6.45) is 4.65. The van der Waals surface area contributed by atoms with Crippen LogP contribution in [0.5, 0.6) is 5.75 Å². The second-order valence-electron chi connectivity index (χ2n) is 6.66. The van der Waals surface area contributed by atoms with E-state index in [0.29, 0.717) is 31.2 Å². The highest BCUT2D eigenvalue weighted by Gasteiger charge is 2.17. The van der Waals surface area contributed by atoms with Crippen LogP contribution in [0, 0.1) is 5.92 Å². The number of benzene rings is 1. The SMILES string of the molecule is CN(CCCOc1ccc(S(C)(=O)=O)cc1)C(=O)CCC1CCNC1. The third kappa shape index (κ3) is 6.66. The van der Waals surface area contributed by atoms with Gasteiger partial charge in [-0.05, 0) is 62.5 Å². The molecule has 1 heterocycles. The minimum Gasteiger partial charge on any atom is -0.494 e.